The Balaban J connectivity index is 2.14. The molecule has 48 valence electrons. The maximum atomic E-state index is 2.56. The molecular formula is C9H12. The molecule has 2 bridgehead atoms. The van der Waals surface area contributed by atoms with Gasteiger partial charge in [-0.3, -0.25) is 0 Å². The van der Waals surface area contributed by atoms with E-state index in [1.54, 1.807) is 0 Å². The maximum absolute atomic E-state index is 2.56. The predicted molar refractivity (Wildman–Crippen MR) is 37.1 cm³/mol. The number of fused-ring (bicyclic) bond motifs is 1. The summed E-state index contributed by atoms with van der Waals surface area (Å²) < 4.78 is 0. The molecule has 2 atom stereocenters. The summed E-state index contributed by atoms with van der Waals surface area (Å²) in [6, 6.07) is 0. The van der Waals surface area contributed by atoms with Crippen LogP contribution < -0.4 is 0 Å². The van der Waals surface area contributed by atoms with Crippen LogP contribution >= 0.6 is 0 Å². The van der Waals surface area contributed by atoms with Crippen molar-refractivity contribution in [1.29, 1.82) is 0 Å². The fourth-order valence-corrected chi connectivity index (χ4v) is 3.00. The zero-order valence-electron chi connectivity index (χ0n) is 5.69. The number of allylic oxidation sites excluding steroid dienone is 2. The van der Waals surface area contributed by atoms with Gasteiger partial charge in [0.25, 0.3) is 0 Å². The van der Waals surface area contributed by atoms with Crippen molar-refractivity contribution < 1.29 is 0 Å². The summed E-state index contributed by atoms with van der Waals surface area (Å²) in [4.78, 5) is 0. The van der Waals surface area contributed by atoms with Crippen LogP contribution in [0.3, 0.4) is 0 Å². The standard InChI is InChI=1S/C9H12/c1-3-9-4-2-8(9)5-7(1)6-9/h5,7H,1-4,6H2. The minimum atomic E-state index is 0.810. The van der Waals surface area contributed by atoms with Crippen molar-refractivity contribution in [2.75, 3.05) is 0 Å². The zero-order valence-corrected chi connectivity index (χ0v) is 5.69. The van der Waals surface area contributed by atoms with Crippen LogP contribution in [0.1, 0.15) is 32.1 Å². The van der Waals surface area contributed by atoms with Gasteiger partial charge in [0, 0.05) is 0 Å². The van der Waals surface area contributed by atoms with Crippen molar-refractivity contribution in [3.8, 4) is 0 Å². The van der Waals surface area contributed by atoms with Gasteiger partial charge in [-0.1, -0.05) is 11.6 Å². The molecule has 3 aliphatic rings. The van der Waals surface area contributed by atoms with Crippen molar-refractivity contribution >= 4 is 0 Å². The molecule has 3 aliphatic carbocycles. The highest BCUT2D eigenvalue weighted by atomic mass is 14.6. The smallest absolute Gasteiger partial charge is 0.00791 e. The lowest BCUT2D eigenvalue weighted by Crippen LogP contribution is -2.27. The van der Waals surface area contributed by atoms with Crippen molar-refractivity contribution in [2.45, 2.75) is 32.1 Å². The van der Waals surface area contributed by atoms with Crippen LogP contribution in [0.4, 0.5) is 0 Å². The number of rotatable bonds is 0. The summed E-state index contributed by atoms with van der Waals surface area (Å²) >= 11 is 0. The molecule has 2 saturated carbocycles. The number of hydrogen-bond donors (Lipinski definition) is 0. The summed E-state index contributed by atoms with van der Waals surface area (Å²) in [5.41, 5.74) is 2.64. The lowest BCUT2D eigenvalue weighted by molar-refractivity contribution is 0.258. The Hall–Kier alpha value is -0.260. The van der Waals surface area contributed by atoms with Crippen LogP contribution in [0.25, 0.3) is 0 Å². The van der Waals surface area contributed by atoms with Crippen LogP contribution in [0.2, 0.25) is 0 Å². The Morgan fingerprint density at radius 1 is 1.44 bits per heavy atom. The van der Waals surface area contributed by atoms with E-state index < -0.39 is 0 Å². The molecule has 0 heteroatoms. The minimum absolute atomic E-state index is 0.810. The van der Waals surface area contributed by atoms with Gasteiger partial charge < -0.3 is 0 Å². The van der Waals surface area contributed by atoms with Crippen molar-refractivity contribution in [1.82, 2.24) is 0 Å². The molecule has 3 rings (SSSR count). The van der Waals surface area contributed by atoms with Crippen LogP contribution in [0.15, 0.2) is 11.6 Å². The minimum Gasteiger partial charge on any atom is -0.0816 e. The molecule has 0 saturated heterocycles. The quantitative estimate of drug-likeness (QED) is 0.431. The number of hydrogen-bond acceptors (Lipinski definition) is 0. The first-order valence-electron chi connectivity index (χ1n) is 4.10. The molecule has 1 spiro atoms. The van der Waals surface area contributed by atoms with Gasteiger partial charge in [-0.15, -0.1) is 0 Å². The summed E-state index contributed by atoms with van der Waals surface area (Å²) in [6.07, 6.45) is 10.1. The van der Waals surface area contributed by atoms with Crippen LogP contribution in [-0.4, -0.2) is 0 Å². The first kappa shape index (κ1) is 4.54. The highest BCUT2D eigenvalue weighted by molar-refractivity contribution is 5.33. The van der Waals surface area contributed by atoms with Gasteiger partial charge in [0.15, 0.2) is 0 Å². The van der Waals surface area contributed by atoms with Gasteiger partial charge >= 0.3 is 0 Å². The first-order chi connectivity index (χ1) is 4.39. The molecule has 0 radical (unpaired) electrons. The normalized spacial score (nSPS) is 52.4. The van der Waals surface area contributed by atoms with Crippen LogP contribution in [0, 0.1) is 11.3 Å². The van der Waals surface area contributed by atoms with E-state index in [4.69, 9.17) is 0 Å². The van der Waals surface area contributed by atoms with Crippen molar-refractivity contribution in [3.05, 3.63) is 11.6 Å². The van der Waals surface area contributed by atoms with E-state index in [1.165, 1.54) is 32.1 Å². The van der Waals surface area contributed by atoms with Gasteiger partial charge in [0.1, 0.15) is 0 Å². The summed E-state index contributed by atoms with van der Waals surface area (Å²) in [6.45, 7) is 0. The van der Waals surface area contributed by atoms with E-state index in [1.807, 2.05) is 5.57 Å². The molecule has 2 unspecified atom stereocenters. The molecule has 2 fully saturated rings. The van der Waals surface area contributed by atoms with Gasteiger partial charge in [-0.2, -0.15) is 0 Å². The Morgan fingerprint density at radius 3 is 2.78 bits per heavy atom. The van der Waals surface area contributed by atoms with Crippen LogP contribution in [-0.2, 0) is 0 Å². The van der Waals surface area contributed by atoms with E-state index >= 15 is 0 Å². The van der Waals surface area contributed by atoms with E-state index in [2.05, 4.69) is 6.08 Å². The monoisotopic (exact) mass is 120 g/mol. The van der Waals surface area contributed by atoms with E-state index in [0.29, 0.717) is 0 Å². The maximum Gasteiger partial charge on any atom is -0.00791 e. The summed E-state index contributed by atoms with van der Waals surface area (Å²) in [7, 11) is 0. The zero-order chi connectivity index (χ0) is 5.90. The second-order valence-electron chi connectivity index (χ2n) is 3.98. The first-order valence-corrected chi connectivity index (χ1v) is 4.10. The molecule has 0 amide bonds. The molecule has 0 nitrogen and oxygen atoms in total. The molecule has 9 heavy (non-hydrogen) atoms. The molecule has 0 aliphatic heterocycles. The molecule has 0 N–H and O–H groups in total. The second kappa shape index (κ2) is 1.12. The fourth-order valence-electron chi connectivity index (χ4n) is 3.00. The lowest BCUT2D eigenvalue weighted by Gasteiger charge is -2.40. The third kappa shape index (κ3) is 0.357. The second-order valence-corrected chi connectivity index (χ2v) is 3.98. The molecule has 0 aromatic heterocycles. The fraction of sp³-hybridized carbons (Fsp3) is 0.778. The third-order valence-corrected chi connectivity index (χ3v) is 3.64. The Kier molecular flexibility index (Phi) is 0.564. The predicted octanol–water partition coefficient (Wildman–Crippen LogP) is 2.51. The molecule has 0 heterocycles. The SMILES string of the molecule is C1=C2CCC23CCC1C3. The summed E-state index contributed by atoms with van der Waals surface area (Å²) in [5.74, 6) is 1.02. The Morgan fingerprint density at radius 2 is 2.44 bits per heavy atom. The highest BCUT2D eigenvalue weighted by Crippen LogP contribution is 2.64. The van der Waals surface area contributed by atoms with Gasteiger partial charge in [0.2, 0.25) is 0 Å². The van der Waals surface area contributed by atoms with E-state index in [-0.39, 0.29) is 0 Å². The van der Waals surface area contributed by atoms with Gasteiger partial charge in [-0.05, 0) is 43.4 Å². The summed E-state index contributed by atoms with van der Waals surface area (Å²) in [5, 5.41) is 0. The van der Waals surface area contributed by atoms with Crippen molar-refractivity contribution in [2.24, 2.45) is 11.3 Å². The largest absolute Gasteiger partial charge is 0.0816 e. The topological polar surface area (TPSA) is 0 Å². The van der Waals surface area contributed by atoms with Gasteiger partial charge in [0.05, 0.1) is 0 Å². The van der Waals surface area contributed by atoms with Gasteiger partial charge in [-0.25, -0.2) is 0 Å². The molecular weight excluding hydrogens is 108 g/mol. The lowest BCUT2D eigenvalue weighted by atomic mass is 9.65. The van der Waals surface area contributed by atoms with E-state index in [9.17, 15) is 0 Å². The Labute approximate surface area is 56.0 Å². The molecule has 0 aromatic carbocycles. The average Bonchev–Trinajstić information content (AvgIpc) is 2.32. The van der Waals surface area contributed by atoms with E-state index in [0.717, 1.165) is 11.3 Å². The highest BCUT2D eigenvalue weighted by Gasteiger charge is 2.51. The van der Waals surface area contributed by atoms with Crippen LogP contribution in [0.5, 0.6) is 0 Å². The molecule has 0 aromatic rings. The van der Waals surface area contributed by atoms with Crippen molar-refractivity contribution in [3.63, 3.8) is 0 Å². The third-order valence-electron chi connectivity index (χ3n) is 3.64. The Bertz CT molecular complexity index is 190. The average molecular weight is 120 g/mol.